The zero-order valence-corrected chi connectivity index (χ0v) is 22.8. The van der Waals surface area contributed by atoms with E-state index >= 15 is 0 Å². The molecule has 41 heavy (non-hydrogen) atoms. The van der Waals surface area contributed by atoms with Crippen molar-refractivity contribution in [1.29, 1.82) is 0 Å². The van der Waals surface area contributed by atoms with Crippen LogP contribution in [-0.4, -0.2) is 77.5 Å². The number of fused-ring (bicyclic) bond motifs is 3. The molecule has 4 atom stereocenters. The Morgan fingerprint density at radius 3 is 2.54 bits per heavy atom. The molecule has 0 saturated carbocycles. The van der Waals surface area contributed by atoms with E-state index in [9.17, 15) is 33.8 Å². The number of hydrogen-bond acceptors (Lipinski definition) is 8. The van der Waals surface area contributed by atoms with Crippen LogP contribution in [0.15, 0.2) is 48.0 Å². The van der Waals surface area contributed by atoms with Crippen LogP contribution in [0.1, 0.15) is 53.6 Å². The maximum absolute atomic E-state index is 13.6. The molecule has 0 aromatic heterocycles. The van der Waals surface area contributed by atoms with Gasteiger partial charge in [0.1, 0.15) is 30.1 Å². The molecule has 0 fully saturated rings. The Morgan fingerprint density at radius 2 is 1.90 bits per heavy atom. The third kappa shape index (κ3) is 6.47. The average Bonchev–Trinajstić information content (AvgIpc) is 3.35. The highest BCUT2D eigenvalue weighted by molar-refractivity contribution is 5.96. The Kier molecular flexibility index (Phi) is 9.51. The van der Waals surface area contributed by atoms with Crippen LogP contribution < -0.4 is 14.8 Å². The number of carbonyl (C=O) groups is 4. The second-order valence-electron chi connectivity index (χ2n) is 10.1. The van der Waals surface area contributed by atoms with Crippen LogP contribution in [0.2, 0.25) is 0 Å². The van der Waals surface area contributed by atoms with Crippen LogP contribution in [0, 0.1) is 5.82 Å². The predicted molar refractivity (Wildman–Crippen MR) is 145 cm³/mol. The molecule has 4 rings (SSSR count). The van der Waals surface area contributed by atoms with E-state index in [0.717, 1.165) is 0 Å². The number of rotatable bonds is 12. The first-order valence-electron chi connectivity index (χ1n) is 13.3. The monoisotopic (exact) mass is 568 g/mol. The molecular formula is C30H33FN2O8. The maximum Gasteiger partial charge on any atom is 0.247 e. The van der Waals surface area contributed by atoms with Crippen LogP contribution in [0.4, 0.5) is 4.39 Å². The standard InChI is InChI=1S/C30H33FN2O8/c1-17(36)4-3-5-25(37)33(15-18-6-8-20(31)9-7-18)23-14-22(30(39)32-10-11-34)26-21-12-19(16-35)13-24(40-2)28(21)41-29(26)27(23)38/h6-9,12-14,16,23,26-27,29,34,38H,3-5,10-11,15H2,1-2H3,(H,32,39)/t23-,26+,27+,29+/m1/s1. The number of benzene rings is 2. The zero-order valence-electron chi connectivity index (χ0n) is 22.8. The van der Waals surface area contributed by atoms with Gasteiger partial charge in [-0.25, -0.2) is 4.39 Å². The topological polar surface area (TPSA) is 142 Å². The summed E-state index contributed by atoms with van der Waals surface area (Å²) in [6, 6.07) is 7.59. The number of hydrogen-bond donors (Lipinski definition) is 3. The number of methoxy groups -OCH3 is 1. The Balaban J connectivity index is 1.79. The Bertz CT molecular complexity index is 1340. The van der Waals surface area contributed by atoms with Crippen LogP contribution in [0.3, 0.4) is 0 Å². The van der Waals surface area contributed by atoms with E-state index in [0.29, 0.717) is 23.8 Å². The number of amides is 2. The van der Waals surface area contributed by atoms with E-state index in [4.69, 9.17) is 9.47 Å². The second-order valence-corrected chi connectivity index (χ2v) is 10.1. The minimum absolute atomic E-state index is 0.00804. The van der Waals surface area contributed by atoms with Gasteiger partial charge >= 0.3 is 0 Å². The lowest BCUT2D eigenvalue weighted by Crippen LogP contribution is -2.55. The van der Waals surface area contributed by atoms with E-state index in [-0.39, 0.29) is 66.9 Å². The number of halogens is 1. The number of aldehydes is 1. The van der Waals surface area contributed by atoms with Crippen molar-refractivity contribution in [1.82, 2.24) is 10.2 Å². The van der Waals surface area contributed by atoms with E-state index < -0.39 is 35.9 Å². The Hall–Kier alpha value is -4.09. The zero-order chi connectivity index (χ0) is 29.7. The predicted octanol–water partition coefficient (Wildman–Crippen LogP) is 2.06. The largest absolute Gasteiger partial charge is 0.493 e. The highest BCUT2D eigenvalue weighted by atomic mass is 19.1. The van der Waals surface area contributed by atoms with Gasteiger partial charge in [0.2, 0.25) is 11.8 Å². The normalized spacial score (nSPS) is 20.7. The molecule has 2 aliphatic rings. The fraction of sp³-hybridized carbons (Fsp3) is 0.400. The van der Waals surface area contributed by atoms with Gasteiger partial charge in [-0.15, -0.1) is 0 Å². The van der Waals surface area contributed by atoms with Gasteiger partial charge in [-0.2, -0.15) is 0 Å². The molecule has 2 aromatic carbocycles. The van der Waals surface area contributed by atoms with Crippen molar-refractivity contribution in [3.8, 4) is 11.5 Å². The number of ether oxygens (including phenoxy) is 2. The fourth-order valence-corrected chi connectivity index (χ4v) is 5.34. The molecule has 2 amide bonds. The number of aliphatic hydroxyl groups excluding tert-OH is 2. The lowest BCUT2D eigenvalue weighted by molar-refractivity contribution is -0.138. The van der Waals surface area contributed by atoms with Crippen molar-refractivity contribution < 1.29 is 43.3 Å². The smallest absolute Gasteiger partial charge is 0.247 e. The van der Waals surface area contributed by atoms with Crippen molar-refractivity contribution in [3.05, 3.63) is 70.6 Å². The lowest BCUT2D eigenvalue weighted by atomic mass is 9.77. The molecule has 11 heteroatoms. The summed E-state index contributed by atoms with van der Waals surface area (Å²) in [5.74, 6) is -1.70. The van der Waals surface area contributed by atoms with E-state index in [2.05, 4.69) is 5.32 Å². The van der Waals surface area contributed by atoms with Gasteiger partial charge in [0.25, 0.3) is 0 Å². The summed E-state index contributed by atoms with van der Waals surface area (Å²) in [5.41, 5.74) is 1.53. The van der Waals surface area contributed by atoms with Gasteiger partial charge in [0.15, 0.2) is 11.5 Å². The molecule has 0 spiro atoms. The average molecular weight is 569 g/mol. The highest BCUT2D eigenvalue weighted by Gasteiger charge is 2.51. The van der Waals surface area contributed by atoms with Crippen molar-refractivity contribution in [2.45, 2.75) is 56.9 Å². The van der Waals surface area contributed by atoms with Gasteiger partial charge < -0.3 is 34.7 Å². The van der Waals surface area contributed by atoms with Crippen LogP contribution in [0.25, 0.3) is 0 Å². The molecule has 3 N–H and O–H groups in total. The fourth-order valence-electron chi connectivity index (χ4n) is 5.34. The van der Waals surface area contributed by atoms with Crippen LogP contribution in [-0.2, 0) is 20.9 Å². The number of aliphatic hydroxyl groups is 2. The summed E-state index contributed by atoms with van der Waals surface area (Å²) in [6.07, 6.45) is 0.311. The summed E-state index contributed by atoms with van der Waals surface area (Å²) in [4.78, 5) is 51.5. The number of ketones is 1. The van der Waals surface area contributed by atoms with Crippen molar-refractivity contribution in [3.63, 3.8) is 0 Å². The Morgan fingerprint density at radius 1 is 1.17 bits per heavy atom. The summed E-state index contributed by atoms with van der Waals surface area (Å²) >= 11 is 0. The second kappa shape index (κ2) is 13.0. The Labute approximate surface area is 236 Å². The SMILES string of the molecule is COc1cc(C=O)cc2c1O[C@@H]1[C@@H](O)[C@H](N(Cc3ccc(F)cc3)C(=O)CCCC(C)=O)C=C(C(=O)NCCO)[C@H]21. The molecule has 0 saturated heterocycles. The van der Waals surface area contributed by atoms with Crippen LogP contribution in [0.5, 0.6) is 11.5 Å². The first-order chi connectivity index (χ1) is 19.7. The van der Waals surface area contributed by atoms with Crippen LogP contribution >= 0.6 is 0 Å². The number of carbonyl (C=O) groups excluding carboxylic acids is 4. The number of Topliss-reactive ketones (excluding diaryl/α,β-unsaturated/α-hetero) is 1. The van der Waals surface area contributed by atoms with Crippen molar-refractivity contribution >= 4 is 23.9 Å². The number of nitrogens with one attached hydrogen (secondary N) is 1. The third-order valence-electron chi connectivity index (χ3n) is 7.28. The molecule has 1 aliphatic carbocycles. The molecule has 2 aromatic rings. The van der Waals surface area contributed by atoms with Crippen molar-refractivity contribution in [2.75, 3.05) is 20.3 Å². The molecular weight excluding hydrogens is 535 g/mol. The quantitative estimate of drug-likeness (QED) is 0.331. The summed E-state index contributed by atoms with van der Waals surface area (Å²) in [5, 5.41) is 23.6. The lowest BCUT2D eigenvalue weighted by Gasteiger charge is -2.41. The molecule has 0 radical (unpaired) electrons. The van der Waals surface area contributed by atoms with Gasteiger partial charge in [-0.3, -0.25) is 14.4 Å². The molecule has 0 unspecified atom stereocenters. The van der Waals surface area contributed by atoms with E-state index in [1.165, 1.54) is 55.3 Å². The maximum atomic E-state index is 13.6. The number of nitrogens with zero attached hydrogens (tertiary/aromatic N) is 1. The third-order valence-corrected chi connectivity index (χ3v) is 7.28. The molecule has 10 nitrogen and oxygen atoms in total. The van der Waals surface area contributed by atoms with Gasteiger partial charge in [-0.05, 0) is 49.2 Å². The molecule has 218 valence electrons. The van der Waals surface area contributed by atoms with Gasteiger partial charge in [0.05, 0.1) is 25.7 Å². The molecule has 0 bridgehead atoms. The molecule has 1 heterocycles. The highest BCUT2D eigenvalue weighted by Crippen LogP contribution is 2.51. The first kappa shape index (κ1) is 29.9. The first-order valence-corrected chi connectivity index (χ1v) is 13.3. The minimum Gasteiger partial charge on any atom is -0.493 e. The summed E-state index contributed by atoms with van der Waals surface area (Å²) in [6.45, 7) is 1.09. The van der Waals surface area contributed by atoms with Crippen molar-refractivity contribution in [2.24, 2.45) is 0 Å². The van der Waals surface area contributed by atoms with Gasteiger partial charge in [0, 0.05) is 42.6 Å². The van der Waals surface area contributed by atoms with Gasteiger partial charge in [-0.1, -0.05) is 12.1 Å². The molecule has 1 aliphatic heterocycles. The minimum atomic E-state index is -1.32. The van der Waals surface area contributed by atoms with E-state index in [1.54, 1.807) is 6.07 Å². The summed E-state index contributed by atoms with van der Waals surface area (Å²) in [7, 11) is 1.41. The van der Waals surface area contributed by atoms with E-state index in [1.807, 2.05) is 0 Å². The summed E-state index contributed by atoms with van der Waals surface area (Å²) < 4.78 is 25.2.